The van der Waals surface area contributed by atoms with Gasteiger partial charge in [0.15, 0.2) is 0 Å². The molecule has 0 amide bonds. The minimum atomic E-state index is -0.0397. The molecule has 0 radical (unpaired) electrons. The third kappa shape index (κ3) is 4.28. The molecule has 0 saturated carbocycles. The van der Waals surface area contributed by atoms with E-state index in [0.717, 1.165) is 51.0 Å². The summed E-state index contributed by atoms with van der Waals surface area (Å²) in [5.74, 6) is -0.000372. The average Bonchev–Trinajstić information content (AvgIpc) is 2.87. The molecule has 0 unspecified atom stereocenters. The van der Waals surface area contributed by atoms with Crippen LogP contribution in [0.5, 0.6) is 0 Å². The summed E-state index contributed by atoms with van der Waals surface area (Å²) in [7, 11) is 0. The van der Waals surface area contributed by atoms with Gasteiger partial charge in [-0.2, -0.15) is 0 Å². The summed E-state index contributed by atoms with van der Waals surface area (Å²) >= 11 is 1.75. The Morgan fingerprint density at radius 2 is 2.40 bits per heavy atom. The summed E-state index contributed by atoms with van der Waals surface area (Å²) in [5.41, 5.74) is 1.14. The van der Waals surface area contributed by atoms with E-state index in [1.54, 1.807) is 11.3 Å². The molecular formula is C15H24N2O2S. The molecule has 1 saturated heterocycles. The molecule has 1 aromatic rings. The van der Waals surface area contributed by atoms with Crippen LogP contribution in [0, 0.1) is 5.92 Å². The Hall–Kier alpha value is -0.940. The van der Waals surface area contributed by atoms with E-state index >= 15 is 0 Å². The molecule has 1 aromatic heterocycles. The molecule has 1 fully saturated rings. The van der Waals surface area contributed by atoms with Crippen molar-refractivity contribution in [2.45, 2.75) is 46.1 Å². The van der Waals surface area contributed by atoms with Gasteiger partial charge in [-0.1, -0.05) is 6.92 Å². The first kappa shape index (κ1) is 15.4. The van der Waals surface area contributed by atoms with Gasteiger partial charge in [0.25, 0.3) is 0 Å². The molecule has 20 heavy (non-hydrogen) atoms. The fourth-order valence-corrected chi connectivity index (χ4v) is 3.52. The highest BCUT2D eigenvalue weighted by Gasteiger charge is 2.27. The first-order valence-electron chi connectivity index (χ1n) is 7.55. The zero-order chi connectivity index (χ0) is 14.4. The van der Waals surface area contributed by atoms with Crippen LogP contribution in [0.15, 0.2) is 5.38 Å². The van der Waals surface area contributed by atoms with Crippen LogP contribution in [-0.4, -0.2) is 35.5 Å². The van der Waals surface area contributed by atoms with Gasteiger partial charge in [0.05, 0.1) is 23.2 Å². The Balaban J connectivity index is 1.87. The number of thiazole rings is 1. The van der Waals surface area contributed by atoms with Gasteiger partial charge in [0, 0.05) is 18.5 Å². The number of ether oxygens (including phenoxy) is 1. The van der Waals surface area contributed by atoms with Crippen molar-refractivity contribution in [2.24, 2.45) is 5.92 Å². The second-order valence-electron chi connectivity index (χ2n) is 5.31. The van der Waals surface area contributed by atoms with Crippen molar-refractivity contribution >= 4 is 17.3 Å². The van der Waals surface area contributed by atoms with E-state index in [1.807, 2.05) is 6.92 Å². The fourth-order valence-electron chi connectivity index (χ4n) is 2.63. The summed E-state index contributed by atoms with van der Waals surface area (Å²) in [6.07, 6.45) is 4.22. The second-order valence-corrected chi connectivity index (χ2v) is 6.25. The normalized spacial score (nSPS) is 20.0. The zero-order valence-corrected chi connectivity index (χ0v) is 13.2. The maximum atomic E-state index is 11.8. The quantitative estimate of drug-likeness (QED) is 0.757. The van der Waals surface area contributed by atoms with Crippen LogP contribution in [0.3, 0.4) is 0 Å². The summed E-state index contributed by atoms with van der Waals surface area (Å²) in [5, 5.41) is 3.38. The molecule has 0 aliphatic carbocycles. The monoisotopic (exact) mass is 296 g/mol. The molecule has 4 nitrogen and oxygen atoms in total. The minimum Gasteiger partial charge on any atom is -0.466 e. The standard InChI is InChI=1S/C15H24N2O2S/c1-3-6-14-16-13(11-20-14)10-17-8-5-7-12(9-17)15(18)19-4-2/h11-12H,3-10H2,1-2H3/t12-/m1/s1. The Morgan fingerprint density at radius 3 is 3.15 bits per heavy atom. The van der Waals surface area contributed by atoms with Crippen LogP contribution in [0.2, 0.25) is 0 Å². The van der Waals surface area contributed by atoms with E-state index < -0.39 is 0 Å². The van der Waals surface area contributed by atoms with Crippen molar-refractivity contribution in [2.75, 3.05) is 19.7 Å². The lowest BCUT2D eigenvalue weighted by molar-refractivity contribution is -0.150. The molecular weight excluding hydrogens is 272 g/mol. The predicted octanol–water partition coefficient (Wildman–Crippen LogP) is 2.87. The van der Waals surface area contributed by atoms with Crippen molar-refractivity contribution in [1.82, 2.24) is 9.88 Å². The van der Waals surface area contributed by atoms with Gasteiger partial charge in [-0.3, -0.25) is 9.69 Å². The smallest absolute Gasteiger partial charge is 0.310 e. The van der Waals surface area contributed by atoms with Gasteiger partial charge in [-0.25, -0.2) is 4.98 Å². The van der Waals surface area contributed by atoms with Crippen LogP contribution in [0.25, 0.3) is 0 Å². The number of piperidine rings is 1. The van der Waals surface area contributed by atoms with Gasteiger partial charge in [0.2, 0.25) is 0 Å². The zero-order valence-electron chi connectivity index (χ0n) is 12.4. The Labute approximate surface area is 125 Å². The highest BCUT2D eigenvalue weighted by molar-refractivity contribution is 7.09. The third-order valence-corrected chi connectivity index (χ3v) is 4.53. The lowest BCUT2D eigenvalue weighted by Gasteiger charge is -2.30. The van der Waals surface area contributed by atoms with Gasteiger partial charge >= 0.3 is 5.97 Å². The summed E-state index contributed by atoms with van der Waals surface area (Å²) in [4.78, 5) is 18.8. The Morgan fingerprint density at radius 1 is 1.55 bits per heavy atom. The van der Waals surface area contributed by atoms with Crippen molar-refractivity contribution < 1.29 is 9.53 Å². The van der Waals surface area contributed by atoms with Gasteiger partial charge < -0.3 is 4.74 Å². The summed E-state index contributed by atoms with van der Waals surface area (Å²) in [6.45, 7) is 7.23. The highest BCUT2D eigenvalue weighted by Crippen LogP contribution is 2.21. The molecule has 1 aliphatic rings. The van der Waals surface area contributed by atoms with Crippen LogP contribution < -0.4 is 0 Å². The maximum absolute atomic E-state index is 11.8. The molecule has 5 heteroatoms. The van der Waals surface area contributed by atoms with E-state index in [9.17, 15) is 4.79 Å². The molecule has 1 atom stereocenters. The maximum Gasteiger partial charge on any atom is 0.310 e. The molecule has 0 aromatic carbocycles. The van der Waals surface area contributed by atoms with E-state index in [-0.39, 0.29) is 11.9 Å². The number of esters is 1. The Kier molecular flexibility index (Phi) is 5.98. The van der Waals surface area contributed by atoms with Gasteiger partial charge in [-0.05, 0) is 39.2 Å². The number of aromatic nitrogens is 1. The number of hydrogen-bond donors (Lipinski definition) is 0. The SMILES string of the molecule is CCCc1nc(CN2CCC[C@@H](C(=O)OCC)C2)cs1. The lowest BCUT2D eigenvalue weighted by Crippen LogP contribution is -2.39. The first-order chi connectivity index (χ1) is 9.72. The number of aryl methyl sites for hydroxylation is 1. The average molecular weight is 296 g/mol. The molecule has 2 heterocycles. The van der Waals surface area contributed by atoms with Gasteiger partial charge in [-0.15, -0.1) is 11.3 Å². The largest absolute Gasteiger partial charge is 0.466 e. The van der Waals surface area contributed by atoms with E-state index in [2.05, 4.69) is 22.2 Å². The minimum absolute atomic E-state index is 0.0393. The fraction of sp³-hybridized carbons (Fsp3) is 0.733. The van der Waals surface area contributed by atoms with E-state index in [4.69, 9.17) is 4.74 Å². The van der Waals surface area contributed by atoms with Crippen molar-refractivity contribution in [1.29, 1.82) is 0 Å². The highest BCUT2D eigenvalue weighted by atomic mass is 32.1. The number of carbonyl (C=O) groups is 1. The predicted molar refractivity (Wildman–Crippen MR) is 80.7 cm³/mol. The molecule has 0 N–H and O–H groups in total. The summed E-state index contributed by atoms with van der Waals surface area (Å²) < 4.78 is 5.14. The van der Waals surface area contributed by atoms with Crippen LogP contribution in [-0.2, 0) is 22.5 Å². The number of hydrogen-bond acceptors (Lipinski definition) is 5. The topological polar surface area (TPSA) is 42.4 Å². The van der Waals surface area contributed by atoms with E-state index in [1.165, 1.54) is 5.01 Å². The molecule has 0 spiro atoms. The number of nitrogens with zero attached hydrogens (tertiary/aromatic N) is 2. The molecule has 0 bridgehead atoms. The lowest BCUT2D eigenvalue weighted by atomic mass is 9.98. The van der Waals surface area contributed by atoms with Crippen molar-refractivity contribution in [3.8, 4) is 0 Å². The molecule has 2 rings (SSSR count). The Bertz CT molecular complexity index is 433. The van der Waals surface area contributed by atoms with Crippen LogP contribution >= 0.6 is 11.3 Å². The van der Waals surface area contributed by atoms with Crippen molar-refractivity contribution in [3.05, 3.63) is 16.1 Å². The molecule has 1 aliphatic heterocycles. The number of rotatable bonds is 6. The third-order valence-electron chi connectivity index (χ3n) is 3.57. The molecule has 112 valence electrons. The summed E-state index contributed by atoms with van der Waals surface area (Å²) in [6, 6.07) is 0. The number of carbonyl (C=O) groups excluding carboxylic acids is 1. The second kappa shape index (κ2) is 7.74. The van der Waals surface area contributed by atoms with Crippen molar-refractivity contribution in [3.63, 3.8) is 0 Å². The van der Waals surface area contributed by atoms with Gasteiger partial charge in [0.1, 0.15) is 0 Å². The van der Waals surface area contributed by atoms with Crippen LogP contribution in [0.1, 0.15) is 43.8 Å². The first-order valence-corrected chi connectivity index (χ1v) is 8.43. The van der Waals surface area contributed by atoms with E-state index in [0.29, 0.717) is 6.61 Å². The number of likely N-dealkylation sites (tertiary alicyclic amines) is 1. The van der Waals surface area contributed by atoms with Crippen LogP contribution in [0.4, 0.5) is 0 Å².